The van der Waals surface area contributed by atoms with E-state index in [-0.39, 0.29) is 13.3 Å². The van der Waals surface area contributed by atoms with E-state index < -0.39 is 0 Å². The Labute approximate surface area is 55.1 Å². The average Bonchev–Trinajstić information content (AvgIpc) is 1.89. The van der Waals surface area contributed by atoms with Crippen molar-refractivity contribution < 1.29 is 9.50 Å². The number of aliphatic hydroxyl groups is 1. The van der Waals surface area contributed by atoms with Crippen LogP contribution in [0.5, 0.6) is 0 Å². The van der Waals surface area contributed by atoms with Gasteiger partial charge in [-0.05, 0) is 19.4 Å². The van der Waals surface area contributed by atoms with Crippen molar-refractivity contribution in [1.82, 2.24) is 5.32 Å². The molecule has 2 nitrogen and oxygen atoms in total. The zero-order valence-electron chi connectivity index (χ0n) is 5.57. The highest BCUT2D eigenvalue weighted by Gasteiger charge is 1.85. The van der Waals surface area contributed by atoms with Gasteiger partial charge in [0.1, 0.15) is 0 Å². The Kier molecular flexibility index (Phi) is 7.72. The van der Waals surface area contributed by atoms with Crippen LogP contribution >= 0.6 is 0 Å². The Bertz CT molecular complexity index is 46.3. The van der Waals surface area contributed by atoms with Crippen LogP contribution in [0.1, 0.15) is 12.8 Å². The van der Waals surface area contributed by atoms with Crippen LogP contribution in [0, 0.1) is 0 Å². The van der Waals surface area contributed by atoms with E-state index in [4.69, 9.17) is 5.11 Å². The first kappa shape index (κ1) is 8.85. The fraction of sp³-hybridized carbons (Fsp3) is 1.00. The van der Waals surface area contributed by atoms with Crippen molar-refractivity contribution in [2.75, 3.05) is 26.4 Å². The number of hydrogen-bond acceptors (Lipinski definition) is 2. The summed E-state index contributed by atoms with van der Waals surface area (Å²) >= 11 is 0. The third kappa shape index (κ3) is 7.85. The minimum atomic E-state index is -0.235. The molecule has 3 heteroatoms. The maximum atomic E-state index is 11.4. The van der Waals surface area contributed by atoms with Gasteiger partial charge >= 0.3 is 0 Å². The predicted molar refractivity (Wildman–Crippen MR) is 35.2 cm³/mol. The van der Waals surface area contributed by atoms with E-state index in [0.717, 1.165) is 13.0 Å². The van der Waals surface area contributed by atoms with E-state index in [1.165, 1.54) is 0 Å². The lowest BCUT2D eigenvalue weighted by Gasteiger charge is -1.98. The van der Waals surface area contributed by atoms with Crippen molar-refractivity contribution in [2.24, 2.45) is 0 Å². The molecule has 0 saturated carbocycles. The van der Waals surface area contributed by atoms with E-state index in [0.29, 0.717) is 13.0 Å². The topological polar surface area (TPSA) is 32.3 Å². The van der Waals surface area contributed by atoms with Gasteiger partial charge in [0.25, 0.3) is 0 Å². The normalized spacial score (nSPS) is 10.0. The number of unbranched alkanes of at least 4 members (excludes halogenated alkanes) is 1. The number of rotatable bonds is 6. The van der Waals surface area contributed by atoms with Gasteiger partial charge in [-0.2, -0.15) is 0 Å². The zero-order chi connectivity index (χ0) is 6.95. The van der Waals surface area contributed by atoms with Crippen LogP contribution in [0.4, 0.5) is 4.39 Å². The van der Waals surface area contributed by atoms with Crippen molar-refractivity contribution in [2.45, 2.75) is 12.8 Å². The molecule has 0 saturated heterocycles. The lowest BCUT2D eigenvalue weighted by atomic mass is 10.3. The summed E-state index contributed by atoms with van der Waals surface area (Å²) in [5.41, 5.74) is 0. The highest BCUT2D eigenvalue weighted by Crippen LogP contribution is 1.85. The number of aliphatic hydroxyl groups excluding tert-OH is 1. The monoisotopic (exact) mass is 135 g/mol. The second-order valence-electron chi connectivity index (χ2n) is 1.87. The lowest BCUT2D eigenvalue weighted by Crippen LogP contribution is -2.19. The first-order valence-corrected chi connectivity index (χ1v) is 3.29. The van der Waals surface area contributed by atoms with E-state index in [9.17, 15) is 4.39 Å². The number of halogens is 1. The maximum absolute atomic E-state index is 11.4. The van der Waals surface area contributed by atoms with Gasteiger partial charge in [0.2, 0.25) is 0 Å². The Morgan fingerprint density at radius 3 is 2.56 bits per heavy atom. The minimum Gasteiger partial charge on any atom is -0.395 e. The van der Waals surface area contributed by atoms with Crippen molar-refractivity contribution in [3.8, 4) is 0 Å². The molecule has 0 aliphatic heterocycles. The van der Waals surface area contributed by atoms with Crippen molar-refractivity contribution >= 4 is 0 Å². The van der Waals surface area contributed by atoms with Gasteiger partial charge in [0.15, 0.2) is 0 Å². The molecule has 0 rings (SSSR count). The summed E-state index contributed by atoms with van der Waals surface area (Å²) in [6.07, 6.45) is 1.48. The van der Waals surface area contributed by atoms with E-state index >= 15 is 0 Å². The SMILES string of the molecule is OCCNCCCCF. The van der Waals surface area contributed by atoms with Crippen LogP contribution in [-0.2, 0) is 0 Å². The first-order chi connectivity index (χ1) is 4.41. The quantitative estimate of drug-likeness (QED) is 0.514. The van der Waals surface area contributed by atoms with Gasteiger partial charge in [0.05, 0.1) is 13.3 Å². The Morgan fingerprint density at radius 1 is 1.22 bits per heavy atom. The largest absolute Gasteiger partial charge is 0.395 e. The highest BCUT2D eigenvalue weighted by atomic mass is 19.1. The standard InChI is InChI=1S/C6H14FNO/c7-3-1-2-4-8-5-6-9/h8-9H,1-6H2. The van der Waals surface area contributed by atoms with Crippen LogP contribution in [0.2, 0.25) is 0 Å². The molecule has 0 aromatic rings. The molecule has 56 valence electrons. The molecule has 0 bridgehead atoms. The second kappa shape index (κ2) is 7.85. The van der Waals surface area contributed by atoms with Gasteiger partial charge in [-0.15, -0.1) is 0 Å². The molecular weight excluding hydrogens is 121 g/mol. The van der Waals surface area contributed by atoms with Gasteiger partial charge in [-0.1, -0.05) is 0 Å². The third-order valence-corrected chi connectivity index (χ3v) is 1.03. The summed E-state index contributed by atoms with van der Waals surface area (Å²) in [6, 6.07) is 0. The van der Waals surface area contributed by atoms with Crippen LogP contribution < -0.4 is 5.32 Å². The lowest BCUT2D eigenvalue weighted by molar-refractivity contribution is 0.291. The smallest absolute Gasteiger partial charge is 0.0894 e. The van der Waals surface area contributed by atoms with Crippen molar-refractivity contribution in [1.29, 1.82) is 0 Å². The van der Waals surface area contributed by atoms with Crippen LogP contribution in [0.3, 0.4) is 0 Å². The number of nitrogens with one attached hydrogen (secondary N) is 1. The predicted octanol–water partition coefficient (Wildman–Crippen LogP) is 0.318. The Morgan fingerprint density at radius 2 is 2.00 bits per heavy atom. The molecular formula is C6H14FNO. The molecule has 0 aliphatic carbocycles. The van der Waals surface area contributed by atoms with Crippen molar-refractivity contribution in [3.05, 3.63) is 0 Å². The summed E-state index contributed by atoms with van der Waals surface area (Å²) in [5, 5.41) is 11.2. The van der Waals surface area contributed by atoms with Gasteiger partial charge in [-0.25, -0.2) is 0 Å². The molecule has 0 fully saturated rings. The molecule has 0 aromatic carbocycles. The molecule has 0 amide bonds. The second-order valence-corrected chi connectivity index (χ2v) is 1.87. The molecule has 0 atom stereocenters. The van der Waals surface area contributed by atoms with Gasteiger partial charge in [0, 0.05) is 6.54 Å². The van der Waals surface area contributed by atoms with E-state index in [1.54, 1.807) is 0 Å². The summed E-state index contributed by atoms with van der Waals surface area (Å²) in [4.78, 5) is 0. The molecule has 0 radical (unpaired) electrons. The highest BCUT2D eigenvalue weighted by molar-refractivity contribution is 4.45. The molecule has 0 aliphatic rings. The fourth-order valence-electron chi connectivity index (χ4n) is 0.549. The Balaban J connectivity index is 2.60. The molecule has 0 heterocycles. The summed E-state index contributed by atoms with van der Waals surface area (Å²) in [5.74, 6) is 0. The summed E-state index contributed by atoms with van der Waals surface area (Å²) in [7, 11) is 0. The summed E-state index contributed by atoms with van der Waals surface area (Å²) < 4.78 is 11.4. The number of hydrogen-bond donors (Lipinski definition) is 2. The van der Waals surface area contributed by atoms with Crippen molar-refractivity contribution in [3.63, 3.8) is 0 Å². The molecule has 0 aromatic heterocycles. The molecule has 9 heavy (non-hydrogen) atoms. The van der Waals surface area contributed by atoms with E-state index in [2.05, 4.69) is 5.32 Å². The fourth-order valence-corrected chi connectivity index (χ4v) is 0.549. The molecule has 0 spiro atoms. The first-order valence-electron chi connectivity index (χ1n) is 3.29. The van der Waals surface area contributed by atoms with E-state index in [1.807, 2.05) is 0 Å². The number of alkyl halides is 1. The maximum Gasteiger partial charge on any atom is 0.0894 e. The zero-order valence-corrected chi connectivity index (χ0v) is 5.57. The summed E-state index contributed by atoms with van der Waals surface area (Å²) in [6.45, 7) is 1.35. The van der Waals surface area contributed by atoms with Gasteiger partial charge < -0.3 is 10.4 Å². The van der Waals surface area contributed by atoms with Crippen LogP contribution in [0.25, 0.3) is 0 Å². The van der Waals surface area contributed by atoms with Gasteiger partial charge in [-0.3, -0.25) is 4.39 Å². The minimum absolute atomic E-state index is 0.162. The Hall–Kier alpha value is -0.150. The van der Waals surface area contributed by atoms with Crippen LogP contribution in [-0.4, -0.2) is 31.5 Å². The third-order valence-electron chi connectivity index (χ3n) is 1.03. The molecule has 0 unspecified atom stereocenters. The van der Waals surface area contributed by atoms with Crippen LogP contribution in [0.15, 0.2) is 0 Å². The molecule has 2 N–H and O–H groups in total. The average molecular weight is 135 g/mol.